The van der Waals surface area contributed by atoms with E-state index in [0.29, 0.717) is 22.8 Å². The molecule has 0 heterocycles. The molecule has 7 heteroatoms. The number of halogens is 1. The molecule has 0 atom stereocenters. The number of anilines is 1. The van der Waals surface area contributed by atoms with Gasteiger partial charge in [-0.1, -0.05) is 72.3 Å². The number of nitrogens with one attached hydrogen (secondary N) is 1. The van der Waals surface area contributed by atoms with E-state index >= 15 is 0 Å². The van der Waals surface area contributed by atoms with E-state index in [-0.39, 0.29) is 11.4 Å². The zero-order chi connectivity index (χ0) is 23.4. The molecule has 4 aromatic rings. The van der Waals surface area contributed by atoms with Crippen molar-refractivity contribution in [1.29, 1.82) is 0 Å². The third-order valence-electron chi connectivity index (χ3n) is 5.40. The Morgan fingerprint density at radius 2 is 1.61 bits per heavy atom. The predicted octanol–water partition coefficient (Wildman–Crippen LogP) is 5.31. The molecule has 5 nitrogen and oxygen atoms in total. The Morgan fingerprint density at radius 1 is 0.909 bits per heavy atom. The summed E-state index contributed by atoms with van der Waals surface area (Å²) in [6.45, 7) is 1.70. The number of rotatable bonds is 7. The smallest absolute Gasteiger partial charge is 0.264 e. The predicted molar refractivity (Wildman–Crippen MR) is 133 cm³/mol. The first-order valence-corrected chi connectivity index (χ1v) is 12.3. The number of hydrogen-bond acceptors (Lipinski definition) is 3. The SMILES string of the molecule is Cc1cc(Cl)ccc1N(CC(=O)NCc1cccc2ccccc12)S(=O)(=O)c1ccccc1. The Balaban J connectivity index is 1.61. The molecule has 0 spiro atoms. The fourth-order valence-electron chi connectivity index (χ4n) is 3.74. The Hall–Kier alpha value is -3.35. The maximum Gasteiger partial charge on any atom is 0.264 e. The van der Waals surface area contributed by atoms with Gasteiger partial charge in [0.1, 0.15) is 6.54 Å². The van der Waals surface area contributed by atoms with Crippen LogP contribution in [0.15, 0.2) is 95.9 Å². The van der Waals surface area contributed by atoms with Gasteiger partial charge in [0.15, 0.2) is 0 Å². The Kier molecular flexibility index (Phi) is 6.67. The average Bonchev–Trinajstić information content (AvgIpc) is 2.82. The van der Waals surface area contributed by atoms with Crippen LogP contribution in [0.5, 0.6) is 0 Å². The number of hydrogen-bond donors (Lipinski definition) is 1. The topological polar surface area (TPSA) is 66.5 Å². The Morgan fingerprint density at radius 3 is 2.36 bits per heavy atom. The lowest BCUT2D eigenvalue weighted by molar-refractivity contribution is -0.119. The minimum atomic E-state index is -3.97. The summed E-state index contributed by atoms with van der Waals surface area (Å²) in [5.74, 6) is -0.406. The van der Waals surface area contributed by atoms with E-state index < -0.39 is 15.9 Å². The molecule has 0 aliphatic rings. The van der Waals surface area contributed by atoms with Crippen molar-refractivity contribution in [2.24, 2.45) is 0 Å². The number of aryl methyl sites for hydroxylation is 1. The summed E-state index contributed by atoms with van der Waals surface area (Å²) < 4.78 is 28.1. The van der Waals surface area contributed by atoms with Gasteiger partial charge in [0.2, 0.25) is 5.91 Å². The van der Waals surface area contributed by atoms with Crippen LogP contribution in [-0.4, -0.2) is 20.9 Å². The molecule has 0 saturated carbocycles. The van der Waals surface area contributed by atoms with Crippen molar-refractivity contribution >= 4 is 44.0 Å². The molecule has 0 bridgehead atoms. The Labute approximate surface area is 198 Å². The van der Waals surface area contributed by atoms with Crippen LogP contribution in [0.2, 0.25) is 5.02 Å². The fourth-order valence-corrected chi connectivity index (χ4v) is 5.48. The van der Waals surface area contributed by atoms with Crippen molar-refractivity contribution in [3.05, 3.63) is 107 Å². The van der Waals surface area contributed by atoms with Crippen molar-refractivity contribution in [2.45, 2.75) is 18.4 Å². The summed E-state index contributed by atoms with van der Waals surface area (Å²) in [4.78, 5) is 13.1. The number of sulfonamides is 1. The van der Waals surface area contributed by atoms with Gasteiger partial charge in [0.05, 0.1) is 10.6 Å². The summed E-state index contributed by atoms with van der Waals surface area (Å²) in [7, 11) is -3.97. The number of carbonyl (C=O) groups is 1. The Bertz CT molecular complexity index is 1400. The summed E-state index contributed by atoms with van der Waals surface area (Å²) in [5.41, 5.74) is 2.02. The minimum Gasteiger partial charge on any atom is -0.350 e. The van der Waals surface area contributed by atoms with Crippen LogP contribution in [0.1, 0.15) is 11.1 Å². The molecule has 1 N–H and O–H groups in total. The molecule has 33 heavy (non-hydrogen) atoms. The highest BCUT2D eigenvalue weighted by Crippen LogP contribution is 2.29. The highest BCUT2D eigenvalue weighted by Gasteiger charge is 2.28. The van der Waals surface area contributed by atoms with Crippen molar-refractivity contribution in [3.8, 4) is 0 Å². The van der Waals surface area contributed by atoms with Gasteiger partial charge in [0.25, 0.3) is 10.0 Å². The van der Waals surface area contributed by atoms with Gasteiger partial charge >= 0.3 is 0 Å². The number of nitrogens with zero attached hydrogens (tertiary/aromatic N) is 1. The first-order chi connectivity index (χ1) is 15.9. The highest BCUT2D eigenvalue weighted by atomic mass is 35.5. The largest absolute Gasteiger partial charge is 0.350 e. The van der Waals surface area contributed by atoms with Crippen LogP contribution in [0.25, 0.3) is 10.8 Å². The third-order valence-corrected chi connectivity index (χ3v) is 7.41. The van der Waals surface area contributed by atoms with Gasteiger partial charge in [-0.2, -0.15) is 0 Å². The molecule has 0 aliphatic carbocycles. The van der Waals surface area contributed by atoms with E-state index in [1.807, 2.05) is 42.5 Å². The zero-order valence-corrected chi connectivity index (χ0v) is 19.6. The zero-order valence-electron chi connectivity index (χ0n) is 18.0. The normalized spacial score (nSPS) is 11.3. The quantitative estimate of drug-likeness (QED) is 0.391. The second-order valence-corrected chi connectivity index (χ2v) is 9.97. The minimum absolute atomic E-state index is 0.112. The molecule has 0 radical (unpaired) electrons. The summed E-state index contributed by atoms with van der Waals surface area (Å²) in [6.07, 6.45) is 0. The number of carbonyl (C=O) groups excluding carboxylic acids is 1. The molecule has 4 rings (SSSR count). The van der Waals surface area contributed by atoms with E-state index in [9.17, 15) is 13.2 Å². The van der Waals surface area contributed by atoms with Crippen molar-refractivity contribution in [1.82, 2.24) is 5.32 Å². The molecular weight excluding hydrogens is 456 g/mol. The van der Waals surface area contributed by atoms with Crippen LogP contribution < -0.4 is 9.62 Å². The first-order valence-electron chi connectivity index (χ1n) is 10.4. The molecule has 168 valence electrons. The fraction of sp³-hybridized carbons (Fsp3) is 0.115. The van der Waals surface area contributed by atoms with Gasteiger partial charge in [-0.05, 0) is 59.2 Å². The molecule has 0 unspecified atom stereocenters. The molecule has 1 amide bonds. The second kappa shape index (κ2) is 9.65. The molecule has 0 saturated heterocycles. The lowest BCUT2D eigenvalue weighted by Crippen LogP contribution is -2.41. The van der Waals surface area contributed by atoms with E-state index in [1.165, 1.54) is 12.1 Å². The lowest BCUT2D eigenvalue weighted by Gasteiger charge is -2.25. The van der Waals surface area contributed by atoms with Crippen LogP contribution >= 0.6 is 11.6 Å². The van der Waals surface area contributed by atoms with Crippen LogP contribution in [0.3, 0.4) is 0 Å². The average molecular weight is 479 g/mol. The van der Waals surface area contributed by atoms with Crippen LogP contribution in [0, 0.1) is 6.92 Å². The van der Waals surface area contributed by atoms with Gasteiger partial charge in [-0.15, -0.1) is 0 Å². The molecular formula is C26H23ClN2O3S. The molecule has 0 aliphatic heterocycles. The van der Waals surface area contributed by atoms with E-state index in [2.05, 4.69) is 5.32 Å². The summed E-state index contributed by atoms with van der Waals surface area (Å²) in [6, 6.07) is 26.8. The third kappa shape index (κ3) is 5.02. The maximum atomic E-state index is 13.5. The lowest BCUT2D eigenvalue weighted by atomic mass is 10.0. The summed E-state index contributed by atoms with van der Waals surface area (Å²) >= 11 is 6.08. The van der Waals surface area contributed by atoms with Gasteiger partial charge in [0, 0.05) is 11.6 Å². The number of fused-ring (bicyclic) bond motifs is 1. The second-order valence-electron chi connectivity index (χ2n) is 7.67. The molecule has 4 aromatic carbocycles. The van der Waals surface area contributed by atoms with Gasteiger partial charge < -0.3 is 5.32 Å². The summed E-state index contributed by atoms with van der Waals surface area (Å²) in [5, 5.41) is 5.49. The van der Waals surface area contributed by atoms with Crippen LogP contribution in [-0.2, 0) is 21.4 Å². The van der Waals surface area contributed by atoms with E-state index in [4.69, 9.17) is 11.6 Å². The maximum absolute atomic E-state index is 13.5. The van der Waals surface area contributed by atoms with Crippen molar-refractivity contribution in [3.63, 3.8) is 0 Å². The number of amides is 1. The standard InChI is InChI=1S/C26H23ClN2O3S/c1-19-16-22(27)14-15-25(19)29(33(31,32)23-11-3-2-4-12-23)18-26(30)28-17-21-10-7-9-20-8-5-6-13-24(20)21/h2-16H,17-18H2,1H3,(H,28,30). The van der Waals surface area contributed by atoms with Crippen molar-refractivity contribution < 1.29 is 13.2 Å². The van der Waals surface area contributed by atoms with E-state index in [1.54, 1.807) is 43.3 Å². The van der Waals surface area contributed by atoms with Gasteiger partial charge in [-0.25, -0.2) is 8.42 Å². The first kappa shape index (κ1) is 22.8. The van der Waals surface area contributed by atoms with Gasteiger partial charge in [-0.3, -0.25) is 9.10 Å². The molecule has 0 fully saturated rings. The van der Waals surface area contributed by atoms with Crippen LogP contribution in [0.4, 0.5) is 5.69 Å². The van der Waals surface area contributed by atoms with Crippen molar-refractivity contribution in [2.75, 3.05) is 10.8 Å². The highest BCUT2D eigenvalue weighted by molar-refractivity contribution is 7.92. The monoisotopic (exact) mass is 478 g/mol. The molecule has 0 aromatic heterocycles. The van der Waals surface area contributed by atoms with E-state index in [0.717, 1.165) is 20.6 Å². The number of benzene rings is 4.